The van der Waals surface area contributed by atoms with Crippen molar-refractivity contribution in [2.45, 2.75) is 20.0 Å². The zero-order valence-corrected chi connectivity index (χ0v) is 6.09. The molecule has 0 radical (unpaired) electrons. The highest BCUT2D eigenvalue weighted by Gasteiger charge is 2.16. The van der Waals surface area contributed by atoms with Crippen molar-refractivity contribution in [3.8, 4) is 0 Å². The van der Waals surface area contributed by atoms with Crippen molar-refractivity contribution in [2.75, 3.05) is 6.61 Å². The fraction of sp³-hybridized carbons (Fsp3) is 0.571. The molecule has 0 amide bonds. The Bertz CT molecular complexity index is 172. The fourth-order valence-electron chi connectivity index (χ4n) is 0.853. The Morgan fingerprint density at radius 1 is 1.90 bits per heavy atom. The van der Waals surface area contributed by atoms with E-state index in [1.54, 1.807) is 6.08 Å². The van der Waals surface area contributed by atoms with Gasteiger partial charge in [0.05, 0.1) is 5.76 Å². The van der Waals surface area contributed by atoms with Crippen LogP contribution in [0.4, 0.5) is 0 Å². The summed E-state index contributed by atoms with van der Waals surface area (Å²) in [7, 11) is 0. The third-order valence-corrected chi connectivity index (χ3v) is 1.21. The average Bonchev–Trinajstić information content (AvgIpc) is 2.13. The highest BCUT2D eigenvalue weighted by atomic mass is 16.6. The summed E-state index contributed by atoms with van der Waals surface area (Å²) in [4.78, 5) is 10.4. The van der Waals surface area contributed by atoms with Gasteiger partial charge in [-0.3, -0.25) is 4.79 Å². The minimum atomic E-state index is -0.264. The number of ether oxygens (including phenoxy) is 2. The molecule has 1 atom stereocenters. The van der Waals surface area contributed by atoms with Gasteiger partial charge in [0.2, 0.25) is 0 Å². The first kappa shape index (κ1) is 7.12. The van der Waals surface area contributed by atoms with Crippen LogP contribution in [0.5, 0.6) is 0 Å². The van der Waals surface area contributed by atoms with Crippen molar-refractivity contribution >= 4 is 5.97 Å². The first-order valence-electron chi connectivity index (χ1n) is 3.17. The van der Waals surface area contributed by atoms with Gasteiger partial charge in [-0.05, 0) is 13.0 Å². The highest BCUT2D eigenvalue weighted by molar-refractivity contribution is 5.66. The summed E-state index contributed by atoms with van der Waals surface area (Å²) in [5.74, 6) is 0.561. The first-order valence-corrected chi connectivity index (χ1v) is 3.17. The van der Waals surface area contributed by atoms with Gasteiger partial charge in [0.1, 0.15) is 6.61 Å². The van der Waals surface area contributed by atoms with E-state index in [1.165, 1.54) is 6.92 Å². The molecule has 0 aromatic carbocycles. The quantitative estimate of drug-likeness (QED) is 0.509. The molecule has 10 heavy (non-hydrogen) atoms. The van der Waals surface area contributed by atoms with Gasteiger partial charge in [-0.1, -0.05) is 0 Å². The van der Waals surface area contributed by atoms with Crippen LogP contribution >= 0.6 is 0 Å². The summed E-state index contributed by atoms with van der Waals surface area (Å²) >= 11 is 0. The third-order valence-electron chi connectivity index (χ3n) is 1.21. The molecular weight excluding hydrogens is 132 g/mol. The molecule has 0 aromatic rings. The molecule has 1 rings (SSSR count). The molecule has 0 aliphatic carbocycles. The maximum Gasteiger partial charge on any atom is 0.303 e. The van der Waals surface area contributed by atoms with E-state index < -0.39 is 0 Å². The normalized spacial score (nSPS) is 23.4. The van der Waals surface area contributed by atoms with Gasteiger partial charge in [0, 0.05) is 6.92 Å². The lowest BCUT2D eigenvalue weighted by Gasteiger charge is -2.04. The zero-order valence-electron chi connectivity index (χ0n) is 6.09. The lowest BCUT2D eigenvalue weighted by Crippen LogP contribution is -2.14. The number of hydrogen-bond donors (Lipinski definition) is 0. The second-order valence-electron chi connectivity index (χ2n) is 2.24. The van der Waals surface area contributed by atoms with Gasteiger partial charge in [-0.2, -0.15) is 0 Å². The maximum absolute atomic E-state index is 10.4. The topological polar surface area (TPSA) is 35.5 Å². The van der Waals surface area contributed by atoms with Crippen molar-refractivity contribution in [3.05, 3.63) is 11.8 Å². The van der Waals surface area contributed by atoms with Crippen LogP contribution in [-0.2, 0) is 14.3 Å². The van der Waals surface area contributed by atoms with E-state index in [4.69, 9.17) is 9.47 Å². The average molecular weight is 142 g/mol. The van der Waals surface area contributed by atoms with E-state index in [1.807, 2.05) is 6.92 Å². The van der Waals surface area contributed by atoms with E-state index in [-0.39, 0.29) is 12.1 Å². The standard InChI is InChI=1S/C7H10O3/c1-5-3-7(4-9-5)10-6(2)8/h3,7H,4H2,1-2H3. The van der Waals surface area contributed by atoms with Crippen LogP contribution in [-0.4, -0.2) is 18.7 Å². The minimum absolute atomic E-state index is 0.169. The van der Waals surface area contributed by atoms with Crippen LogP contribution in [0.15, 0.2) is 11.8 Å². The third kappa shape index (κ3) is 1.76. The molecule has 1 unspecified atom stereocenters. The lowest BCUT2D eigenvalue weighted by atomic mass is 10.4. The fourth-order valence-corrected chi connectivity index (χ4v) is 0.853. The number of rotatable bonds is 1. The van der Waals surface area contributed by atoms with E-state index in [9.17, 15) is 4.79 Å². The molecule has 0 N–H and O–H groups in total. The van der Waals surface area contributed by atoms with Crippen LogP contribution in [0, 0.1) is 0 Å². The van der Waals surface area contributed by atoms with Gasteiger partial charge < -0.3 is 9.47 Å². The molecule has 56 valence electrons. The Kier molecular flexibility index (Phi) is 1.94. The molecule has 0 saturated carbocycles. The molecule has 1 aliphatic rings. The van der Waals surface area contributed by atoms with Crippen LogP contribution < -0.4 is 0 Å². The molecule has 0 spiro atoms. The smallest absolute Gasteiger partial charge is 0.303 e. The molecular formula is C7H10O3. The molecule has 3 nitrogen and oxygen atoms in total. The Labute approximate surface area is 59.6 Å². The largest absolute Gasteiger partial charge is 0.494 e. The molecule has 0 aromatic heterocycles. The SMILES string of the molecule is CC(=O)OC1C=C(C)OC1. The maximum atomic E-state index is 10.4. The van der Waals surface area contributed by atoms with Crippen LogP contribution in [0.25, 0.3) is 0 Å². The molecule has 0 fully saturated rings. The van der Waals surface area contributed by atoms with Gasteiger partial charge in [0.15, 0.2) is 6.10 Å². The van der Waals surface area contributed by atoms with Gasteiger partial charge in [0.25, 0.3) is 0 Å². The van der Waals surface area contributed by atoms with Crippen molar-refractivity contribution in [3.63, 3.8) is 0 Å². The van der Waals surface area contributed by atoms with E-state index in [0.717, 1.165) is 5.76 Å². The monoisotopic (exact) mass is 142 g/mol. The van der Waals surface area contributed by atoms with E-state index >= 15 is 0 Å². The predicted molar refractivity (Wildman–Crippen MR) is 35.3 cm³/mol. The summed E-state index contributed by atoms with van der Waals surface area (Å²) in [6.45, 7) is 3.69. The molecule has 3 heteroatoms. The Balaban J connectivity index is 2.38. The molecule has 1 aliphatic heterocycles. The second-order valence-corrected chi connectivity index (χ2v) is 2.24. The van der Waals surface area contributed by atoms with E-state index in [2.05, 4.69) is 0 Å². The number of carbonyl (C=O) groups is 1. The van der Waals surface area contributed by atoms with Crippen molar-refractivity contribution in [1.82, 2.24) is 0 Å². The number of allylic oxidation sites excluding steroid dienone is 1. The van der Waals surface area contributed by atoms with Crippen molar-refractivity contribution in [2.24, 2.45) is 0 Å². The summed E-state index contributed by atoms with van der Waals surface area (Å²) in [6, 6.07) is 0. The lowest BCUT2D eigenvalue weighted by molar-refractivity contribution is -0.144. The summed E-state index contributed by atoms with van der Waals surface area (Å²) in [6.07, 6.45) is 1.62. The summed E-state index contributed by atoms with van der Waals surface area (Å²) in [5.41, 5.74) is 0. The second kappa shape index (κ2) is 2.73. The molecule has 0 bridgehead atoms. The Hall–Kier alpha value is -0.990. The van der Waals surface area contributed by atoms with E-state index in [0.29, 0.717) is 6.61 Å². The predicted octanol–water partition coefficient (Wildman–Crippen LogP) is 0.852. The molecule has 0 saturated heterocycles. The Morgan fingerprint density at radius 3 is 3.00 bits per heavy atom. The number of carbonyl (C=O) groups excluding carboxylic acids is 1. The Morgan fingerprint density at radius 2 is 2.60 bits per heavy atom. The van der Waals surface area contributed by atoms with Crippen LogP contribution in [0.3, 0.4) is 0 Å². The summed E-state index contributed by atoms with van der Waals surface area (Å²) < 4.78 is 9.89. The highest BCUT2D eigenvalue weighted by Crippen LogP contribution is 2.11. The van der Waals surface area contributed by atoms with Crippen LogP contribution in [0.1, 0.15) is 13.8 Å². The number of hydrogen-bond acceptors (Lipinski definition) is 3. The molecule has 1 heterocycles. The number of esters is 1. The van der Waals surface area contributed by atoms with Gasteiger partial charge in [-0.25, -0.2) is 0 Å². The zero-order chi connectivity index (χ0) is 7.56. The van der Waals surface area contributed by atoms with Gasteiger partial charge in [-0.15, -0.1) is 0 Å². The van der Waals surface area contributed by atoms with Crippen LogP contribution in [0.2, 0.25) is 0 Å². The summed E-state index contributed by atoms with van der Waals surface area (Å²) in [5, 5.41) is 0. The minimum Gasteiger partial charge on any atom is -0.494 e. The first-order chi connectivity index (χ1) is 4.68. The van der Waals surface area contributed by atoms with Crippen molar-refractivity contribution < 1.29 is 14.3 Å². The van der Waals surface area contributed by atoms with Gasteiger partial charge >= 0.3 is 5.97 Å². The van der Waals surface area contributed by atoms with Crippen molar-refractivity contribution in [1.29, 1.82) is 0 Å².